The van der Waals surface area contributed by atoms with Gasteiger partial charge in [-0.15, -0.1) is 10.2 Å². The lowest BCUT2D eigenvalue weighted by Gasteiger charge is -2.13. The predicted octanol–water partition coefficient (Wildman–Crippen LogP) is 3.40. The molecule has 0 bridgehead atoms. The minimum absolute atomic E-state index is 0.0371. The van der Waals surface area contributed by atoms with Gasteiger partial charge in [-0.2, -0.15) is 0 Å². The first-order valence-corrected chi connectivity index (χ1v) is 8.54. The molecular formula is C18H24N4O2. The molecule has 0 radical (unpaired) electrons. The Morgan fingerprint density at radius 2 is 2.17 bits per heavy atom. The summed E-state index contributed by atoms with van der Waals surface area (Å²) in [5, 5.41) is 14.4. The fourth-order valence-electron chi connectivity index (χ4n) is 2.42. The first kappa shape index (κ1) is 16.5. The van der Waals surface area contributed by atoms with E-state index >= 15 is 0 Å². The number of hydrogen-bond acceptors (Lipinski definition) is 5. The van der Waals surface area contributed by atoms with E-state index in [1.54, 1.807) is 0 Å². The van der Waals surface area contributed by atoms with Gasteiger partial charge < -0.3 is 15.1 Å². The number of carbonyl (C=O) groups excluding carboxylic acids is 1. The second-order valence-electron chi connectivity index (χ2n) is 6.47. The molecule has 128 valence electrons. The summed E-state index contributed by atoms with van der Waals surface area (Å²) >= 11 is 0. The molecule has 1 aromatic carbocycles. The van der Waals surface area contributed by atoms with Crippen LogP contribution in [-0.2, 0) is 6.54 Å². The fraction of sp³-hybridized carbons (Fsp3) is 0.500. The quantitative estimate of drug-likeness (QED) is 0.814. The Labute approximate surface area is 142 Å². The molecule has 1 aliphatic carbocycles. The van der Waals surface area contributed by atoms with Crippen LogP contribution >= 0.6 is 0 Å². The van der Waals surface area contributed by atoms with Crippen molar-refractivity contribution in [2.45, 2.75) is 58.5 Å². The zero-order valence-corrected chi connectivity index (χ0v) is 14.4. The first-order valence-electron chi connectivity index (χ1n) is 8.54. The number of amides is 1. The van der Waals surface area contributed by atoms with E-state index in [0.717, 1.165) is 36.4 Å². The van der Waals surface area contributed by atoms with E-state index < -0.39 is 0 Å². The van der Waals surface area contributed by atoms with Gasteiger partial charge >= 0.3 is 0 Å². The van der Waals surface area contributed by atoms with Crippen molar-refractivity contribution in [3.05, 3.63) is 41.1 Å². The monoisotopic (exact) mass is 328 g/mol. The third-order valence-electron chi connectivity index (χ3n) is 4.32. The molecule has 1 saturated carbocycles. The maximum Gasteiger partial charge on any atom is 0.251 e. The lowest BCUT2D eigenvalue weighted by atomic mass is 10.1. The van der Waals surface area contributed by atoms with Gasteiger partial charge in [0.25, 0.3) is 5.91 Å². The van der Waals surface area contributed by atoms with Gasteiger partial charge in [-0.25, -0.2) is 0 Å². The van der Waals surface area contributed by atoms with Gasteiger partial charge in [0.2, 0.25) is 11.8 Å². The number of carbonyl (C=O) groups is 1. The summed E-state index contributed by atoms with van der Waals surface area (Å²) in [4.78, 5) is 12.2. The van der Waals surface area contributed by atoms with E-state index in [9.17, 15) is 4.79 Å². The van der Waals surface area contributed by atoms with Crippen LogP contribution in [0.1, 0.15) is 66.7 Å². The summed E-state index contributed by atoms with van der Waals surface area (Å²) in [5.74, 6) is 1.77. The molecule has 0 unspecified atom stereocenters. The second kappa shape index (κ2) is 7.03. The highest BCUT2D eigenvalue weighted by molar-refractivity contribution is 5.95. The zero-order valence-electron chi connectivity index (χ0n) is 14.4. The average Bonchev–Trinajstić information content (AvgIpc) is 3.32. The maximum absolute atomic E-state index is 12.2. The molecule has 24 heavy (non-hydrogen) atoms. The van der Waals surface area contributed by atoms with Crippen molar-refractivity contribution in [2.75, 3.05) is 5.32 Å². The Bertz CT molecular complexity index is 722. The van der Waals surface area contributed by atoms with Crippen molar-refractivity contribution in [3.63, 3.8) is 0 Å². The molecule has 1 heterocycles. The van der Waals surface area contributed by atoms with Crippen molar-refractivity contribution in [1.29, 1.82) is 0 Å². The Morgan fingerprint density at radius 1 is 1.38 bits per heavy atom. The van der Waals surface area contributed by atoms with Crippen molar-refractivity contribution in [3.8, 4) is 0 Å². The fourth-order valence-corrected chi connectivity index (χ4v) is 2.42. The van der Waals surface area contributed by atoms with Gasteiger partial charge in [0.05, 0.1) is 6.54 Å². The molecule has 6 nitrogen and oxygen atoms in total. The number of rotatable bonds is 7. The molecule has 1 amide bonds. The van der Waals surface area contributed by atoms with Gasteiger partial charge in [-0.3, -0.25) is 4.79 Å². The Hall–Kier alpha value is -2.37. The van der Waals surface area contributed by atoms with E-state index in [4.69, 9.17) is 4.42 Å². The third-order valence-corrected chi connectivity index (χ3v) is 4.32. The third kappa shape index (κ3) is 3.93. The number of aryl methyl sites for hydroxylation is 1. The molecule has 2 aromatic rings. The Kier molecular flexibility index (Phi) is 4.83. The first-order chi connectivity index (χ1) is 11.6. The summed E-state index contributed by atoms with van der Waals surface area (Å²) in [6.07, 6.45) is 3.21. The summed E-state index contributed by atoms with van der Waals surface area (Å²) < 4.78 is 5.64. The summed E-state index contributed by atoms with van der Waals surface area (Å²) in [6, 6.07) is 5.81. The number of anilines is 1. The summed E-state index contributed by atoms with van der Waals surface area (Å²) in [5.41, 5.74) is 2.64. The smallest absolute Gasteiger partial charge is 0.251 e. The largest absolute Gasteiger partial charge is 0.423 e. The van der Waals surface area contributed by atoms with Crippen LogP contribution in [0.25, 0.3) is 0 Å². The zero-order chi connectivity index (χ0) is 17.1. The molecule has 1 atom stereocenters. The molecule has 0 spiro atoms. The van der Waals surface area contributed by atoms with Crippen LogP contribution in [0.5, 0.6) is 0 Å². The number of benzene rings is 1. The molecule has 0 aliphatic heterocycles. The van der Waals surface area contributed by atoms with E-state index in [1.807, 2.05) is 32.0 Å². The van der Waals surface area contributed by atoms with Gasteiger partial charge in [-0.05, 0) is 56.9 Å². The van der Waals surface area contributed by atoms with Crippen LogP contribution in [0.15, 0.2) is 22.6 Å². The van der Waals surface area contributed by atoms with Crippen LogP contribution in [-0.4, -0.2) is 22.1 Å². The lowest BCUT2D eigenvalue weighted by molar-refractivity contribution is 0.0939. The molecule has 2 N–H and O–H groups in total. The number of aromatic nitrogens is 2. The highest BCUT2D eigenvalue weighted by atomic mass is 16.4. The summed E-state index contributed by atoms with van der Waals surface area (Å²) in [6.45, 7) is 6.52. The number of nitrogens with zero attached hydrogens (tertiary/aromatic N) is 2. The van der Waals surface area contributed by atoms with Crippen LogP contribution < -0.4 is 10.6 Å². The van der Waals surface area contributed by atoms with E-state index in [1.165, 1.54) is 0 Å². The maximum atomic E-state index is 12.2. The minimum atomic E-state index is -0.0371. The van der Waals surface area contributed by atoms with Crippen molar-refractivity contribution in [2.24, 2.45) is 0 Å². The van der Waals surface area contributed by atoms with Gasteiger partial charge in [-0.1, -0.05) is 6.92 Å². The van der Waals surface area contributed by atoms with Crippen molar-refractivity contribution < 1.29 is 9.21 Å². The second-order valence-corrected chi connectivity index (χ2v) is 6.47. The Balaban J connectivity index is 1.60. The van der Waals surface area contributed by atoms with Gasteiger partial charge in [0.1, 0.15) is 0 Å². The van der Waals surface area contributed by atoms with Crippen LogP contribution in [0.4, 0.5) is 5.69 Å². The normalized spacial score (nSPS) is 15.1. The van der Waals surface area contributed by atoms with Crippen molar-refractivity contribution in [1.82, 2.24) is 15.5 Å². The van der Waals surface area contributed by atoms with Crippen LogP contribution in [0.3, 0.4) is 0 Å². The van der Waals surface area contributed by atoms with Crippen LogP contribution in [0.2, 0.25) is 0 Å². The Morgan fingerprint density at radius 3 is 2.83 bits per heavy atom. The summed E-state index contributed by atoms with van der Waals surface area (Å²) in [7, 11) is 0. The van der Waals surface area contributed by atoms with E-state index in [-0.39, 0.29) is 11.9 Å². The molecule has 1 fully saturated rings. The molecule has 6 heteroatoms. The van der Waals surface area contributed by atoms with Crippen molar-refractivity contribution >= 4 is 11.6 Å². The standard InChI is InChI=1S/C18H24N4O2/c1-4-12(3)20-17(23)14-7-8-15(11(2)9-14)19-10-16-21-22-18(24-16)13-5-6-13/h7-9,12-13,19H,4-6,10H2,1-3H3,(H,20,23)/t12-/m1/s1. The predicted molar refractivity (Wildman–Crippen MR) is 92.0 cm³/mol. The highest BCUT2D eigenvalue weighted by Crippen LogP contribution is 2.39. The SMILES string of the molecule is CC[C@@H](C)NC(=O)c1ccc(NCc2nnc(C3CC3)o2)c(C)c1. The number of nitrogens with one attached hydrogen (secondary N) is 2. The molecule has 0 saturated heterocycles. The van der Waals surface area contributed by atoms with Gasteiger partial charge in [0.15, 0.2) is 0 Å². The van der Waals surface area contributed by atoms with Crippen LogP contribution in [0, 0.1) is 6.92 Å². The van der Waals surface area contributed by atoms with E-state index in [0.29, 0.717) is 23.9 Å². The highest BCUT2D eigenvalue weighted by Gasteiger charge is 2.29. The molecule has 1 aliphatic rings. The average molecular weight is 328 g/mol. The van der Waals surface area contributed by atoms with E-state index in [2.05, 4.69) is 27.8 Å². The number of hydrogen-bond donors (Lipinski definition) is 2. The molecule has 3 rings (SSSR count). The molecular weight excluding hydrogens is 304 g/mol. The minimum Gasteiger partial charge on any atom is -0.423 e. The molecule has 1 aromatic heterocycles. The lowest BCUT2D eigenvalue weighted by Crippen LogP contribution is -2.31. The topological polar surface area (TPSA) is 80.0 Å². The van der Waals surface area contributed by atoms with Gasteiger partial charge in [0, 0.05) is 23.2 Å².